The predicted molar refractivity (Wildman–Crippen MR) is 69.7 cm³/mol. The second-order valence-electron chi connectivity index (χ2n) is 4.82. The molecule has 1 N–H and O–H groups in total. The average molecular weight is 235 g/mol. The molecular formula is C13H21N3O. The average Bonchev–Trinajstić information content (AvgIpc) is 2.51. The molecular weight excluding hydrogens is 214 g/mol. The molecule has 0 aliphatic carbocycles. The molecule has 1 aromatic heterocycles. The van der Waals surface area contributed by atoms with Crippen LogP contribution in [0.5, 0.6) is 5.88 Å². The first kappa shape index (κ1) is 12.2. The van der Waals surface area contributed by atoms with Gasteiger partial charge in [0.2, 0.25) is 5.88 Å². The molecule has 0 radical (unpaired) electrons. The molecule has 0 amide bonds. The van der Waals surface area contributed by atoms with E-state index in [1.54, 1.807) is 0 Å². The van der Waals surface area contributed by atoms with E-state index >= 15 is 0 Å². The molecule has 0 spiro atoms. The molecule has 2 rings (SSSR count). The molecule has 4 nitrogen and oxygen atoms in total. The van der Waals surface area contributed by atoms with E-state index in [9.17, 15) is 0 Å². The van der Waals surface area contributed by atoms with Crippen molar-refractivity contribution < 1.29 is 4.74 Å². The van der Waals surface area contributed by atoms with E-state index in [1.165, 1.54) is 5.56 Å². The van der Waals surface area contributed by atoms with Crippen LogP contribution >= 0.6 is 0 Å². The van der Waals surface area contributed by atoms with Gasteiger partial charge in [-0.1, -0.05) is 0 Å². The highest BCUT2D eigenvalue weighted by Gasteiger charge is 2.16. The number of anilines is 1. The van der Waals surface area contributed by atoms with Gasteiger partial charge < -0.3 is 15.0 Å². The molecule has 0 saturated heterocycles. The summed E-state index contributed by atoms with van der Waals surface area (Å²) < 4.78 is 5.67. The number of ether oxygens (including phenoxy) is 1. The van der Waals surface area contributed by atoms with E-state index in [1.807, 2.05) is 0 Å². The Morgan fingerprint density at radius 3 is 2.94 bits per heavy atom. The molecule has 0 unspecified atom stereocenters. The molecule has 0 saturated carbocycles. The lowest BCUT2D eigenvalue weighted by Gasteiger charge is -2.25. The summed E-state index contributed by atoms with van der Waals surface area (Å²) >= 11 is 0. The van der Waals surface area contributed by atoms with Gasteiger partial charge in [-0.15, -0.1) is 0 Å². The van der Waals surface area contributed by atoms with Crippen LogP contribution in [0, 0.1) is 6.92 Å². The minimum absolute atomic E-state index is 0.433. The molecule has 1 aliphatic heterocycles. The lowest BCUT2D eigenvalue weighted by molar-refractivity contribution is 0.314. The van der Waals surface area contributed by atoms with Crippen molar-refractivity contribution in [3.8, 4) is 5.88 Å². The quantitative estimate of drug-likeness (QED) is 0.847. The Bertz CT molecular complexity index is 404. The SMILES string of the molecule is Cc1cc2c(nc1N(C)C(C)C)OCCNC2. The van der Waals surface area contributed by atoms with Crippen LogP contribution in [0.25, 0.3) is 0 Å². The van der Waals surface area contributed by atoms with Gasteiger partial charge in [-0.05, 0) is 32.4 Å². The van der Waals surface area contributed by atoms with E-state index in [0.717, 1.165) is 30.4 Å². The highest BCUT2D eigenvalue weighted by molar-refractivity contribution is 5.51. The summed E-state index contributed by atoms with van der Waals surface area (Å²) in [6.07, 6.45) is 0. The Hall–Kier alpha value is -1.29. The van der Waals surface area contributed by atoms with Crippen molar-refractivity contribution in [3.63, 3.8) is 0 Å². The maximum Gasteiger partial charge on any atom is 0.219 e. The number of hydrogen-bond acceptors (Lipinski definition) is 4. The summed E-state index contributed by atoms with van der Waals surface area (Å²) in [7, 11) is 2.07. The monoisotopic (exact) mass is 235 g/mol. The molecule has 0 fully saturated rings. The molecule has 0 atom stereocenters. The van der Waals surface area contributed by atoms with Crippen molar-refractivity contribution in [2.75, 3.05) is 25.1 Å². The number of fused-ring (bicyclic) bond motifs is 1. The van der Waals surface area contributed by atoms with Crippen LogP contribution in [0.2, 0.25) is 0 Å². The van der Waals surface area contributed by atoms with Gasteiger partial charge in [0.05, 0.1) is 0 Å². The van der Waals surface area contributed by atoms with E-state index in [2.05, 4.69) is 49.1 Å². The Morgan fingerprint density at radius 2 is 2.24 bits per heavy atom. The smallest absolute Gasteiger partial charge is 0.219 e. The lowest BCUT2D eigenvalue weighted by Crippen LogP contribution is -2.27. The van der Waals surface area contributed by atoms with Crippen LogP contribution in [0.4, 0.5) is 5.82 Å². The van der Waals surface area contributed by atoms with E-state index in [4.69, 9.17) is 4.74 Å². The first-order chi connectivity index (χ1) is 8.09. The van der Waals surface area contributed by atoms with Crippen molar-refractivity contribution in [3.05, 3.63) is 17.2 Å². The summed E-state index contributed by atoms with van der Waals surface area (Å²) in [4.78, 5) is 6.84. The minimum atomic E-state index is 0.433. The molecule has 1 aliphatic rings. The van der Waals surface area contributed by atoms with Crippen LogP contribution in [0.1, 0.15) is 25.0 Å². The fourth-order valence-corrected chi connectivity index (χ4v) is 1.94. The fraction of sp³-hybridized carbons (Fsp3) is 0.615. The van der Waals surface area contributed by atoms with Crippen LogP contribution < -0.4 is 15.0 Å². The normalized spacial score (nSPS) is 15.1. The second-order valence-corrected chi connectivity index (χ2v) is 4.82. The zero-order chi connectivity index (χ0) is 12.4. The number of aryl methyl sites for hydroxylation is 1. The Balaban J connectivity index is 2.38. The summed E-state index contributed by atoms with van der Waals surface area (Å²) in [5.41, 5.74) is 2.35. The molecule has 2 heterocycles. The van der Waals surface area contributed by atoms with Gasteiger partial charge in [-0.2, -0.15) is 4.98 Å². The molecule has 4 heteroatoms. The van der Waals surface area contributed by atoms with Crippen LogP contribution in [0.15, 0.2) is 6.07 Å². The van der Waals surface area contributed by atoms with Crippen molar-refractivity contribution in [1.29, 1.82) is 0 Å². The third-order valence-electron chi connectivity index (χ3n) is 3.17. The lowest BCUT2D eigenvalue weighted by atomic mass is 10.1. The van der Waals surface area contributed by atoms with Gasteiger partial charge in [0.25, 0.3) is 0 Å². The first-order valence-corrected chi connectivity index (χ1v) is 6.16. The van der Waals surface area contributed by atoms with Gasteiger partial charge in [0.1, 0.15) is 12.4 Å². The van der Waals surface area contributed by atoms with Crippen molar-refractivity contribution in [2.24, 2.45) is 0 Å². The summed E-state index contributed by atoms with van der Waals surface area (Å²) in [5.74, 6) is 1.80. The van der Waals surface area contributed by atoms with Crippen LogP contribution in [-0.2, 0) is 6.54 Å². The molecule has 0 aromatic carbocycles. The van der Waals surface area contributed by atoms with E-state index in [0.29, 0.717) is 12.6 Å². The second kappa shape index (κ2) is 4.92. The predicted octanol–water partition coefficient (Wildman–Crippen LogP) is 1.72. The number of nitrogens with zero attached hydrogens (tertiary/aromatic N) is 2. The van der Waals surface area contributed by atoms with Gasteiger partial charge in [0, 0.05) is 31.7 Å². The largest absolute Gasteiger partial charge is 0.476 e. The standard InChI is InChI=1S/C13H21N3O/c1-9(2)16(4)12-10(3)7-11-8-14-5-6-17-13(11)15-12/h7,9,14H,5-6,8H2,1-4H3. The zero-order valence-corrected chi connectivity index (χ0v) is 11.1. The Kier molecular flexibility index (Phi) is 3.52. The molecule has 0 bridgehead atoms. The fourth-order valence-electron chi connectivity index (χ4n) is 1.94. The number of rotatable bonds is 2. The minimum Gasteiger partial charge on any atom is -0.476 e. The number of aromatic nitrogens is 1. The summed E-state index contributed by atoms with van der Waals surface area (Å²) in [6.45, 7) is 8.84. The van der Waals surface area contributed by atoms with Gasteiger partial charge >= 0.3 is 0 Å². The van der Waals surface area contributed by atoms with Gasteiger partial charge in [0.15, 0.2) is 0 Å². The van der Waals surface area contributed by atoms with Crippen LogP contribution in [-0.4, -0.2) is 31.2 Å². The van der Waals surface area contributed by atoms with Crippen LogP contribution in [0.3, 0.4) is 0 Å². The summed E-state index contributed by atoms with van der Waals surface area (Å²) in [5, 5.41) is 3.32. The number of pyridine rings is 1. The van der Waals surface area contributed by atoms with Crippen molar-refractivity contribution in [2.45, 2.75) is 33.4 Å². The van der Waals surface area contributed by atoms with Crippen molar-refractivity contribution in [1.82, 2.24) is 10.3 Å². The van der Waals surface area contributed by atoms with Gasteiger partial charge in [-0.25, -0.2) is 0 Å². The Morgan fingerprint density at radius 1 is 1.47 bits per heavy atom. The van der Waals surface area contributed by atoms with Gasteiger partial charge in [-0.3, -0.25) is 0 Å². The maximum absolute atomic E-state index is 5.67. The topological polar surface area (TPSA) is 37.4 Å². The van der Waals surface area contributed by atoms with E-state index < -0.39 is 0 Å². The molecule has 94 valence electrons. The third kappa shape index (κ3) is 2.52. The molecule has 1 aromatic rings. The first-order valence-electron chi connectivity index (χ1n) is 6.16. The highest BCUT2D eigenvalue weighted by atomic mass is 16.5. The highest BCUT2D eigenvalue weighted by Crippen LogP contribution is 2.26. The van der Waals surface area contributed by atoms with E-state index in [-0.39, 0.29) is 0 Å². The molecule has 17 heavy (non-hydrogen) atoms. The maximum atomic E-state index is 5.67. The number of hydrogen-bond donors (Lipinski definition) is 1. The Labute approximate surface area is 103 Å². The number of nitrogens with one attached hydrogen (secondary N) is 1. The van der Waals surface area contributed by atoms with Crippen molar-refractivity contribution >= 4 is 5.82 Å². The zero-order valence-electron chi connectivity index (χ0n) is 11.1. The third-order valence-corrected chi connectivity index (χ3v) is 3.17. The summed E-state index contributed by atoms with van der Waals surface area (Å²) in [6, 6.07) is 2.61.